The molecule has 150 valence electrons. The van der Waals surface area contributed by atoms with E-state index in [0.717, 1.165) is 36.4 Å². The van der Waals surface area contributed by atoms with Crippen LogP contribution in [0.5, 0.6) is 0 Å². The van der Waals surface area contributed by atoms with Crippen molar-refractivity contribution in [2.24, 2.45) is 0 Å². The molecule has 1 saturated heterocycles. The molecule has 5 rings (SSSR count). The number of ether oxygens (including phenoxy) is 1. The first-order valence-electron chi connectivity index (χ1n) is 10.2. The van der Waals surface area contributed by atoms with E-state index in [1.165, 1.54) is 17.0 Å². The van der Waals surface area contributed by atoms with Crippen molar-refractivity contribution < 1.29 is 9.13 Å². The van der Waals surface area contributed by atoms with Crippen LogP contribution in [0.3, 0.4) is 0 Å². The van der Waals surface area contributed by atoms with Crippen LogP contribution in [0.15, 0.2) is 79.1 Å². The highest BCUT2D eigenvalue weighted by Gasteiger charge is 2.23. The van der Waals surface area contributed by atoms with Gasteiger partial charge in [-0.3, -0.25) is 14.9 Å². The van der Waals surface area contributed by atoms with Gasteiger partial charge in [0.2, 0.25) is 0 Å². The van der Waals surface area contributed by atoms with Crippen molar-refractivity contribution in [3.63, 3.8) is 0 Å². The maximum atomic E-state index is 14.0. The summed E-state index contributed by atoms with van der Waals surface area (Å²) in [5.74, 6) is -0.239. The van der Waals surface area contributed by atoms with Gasteiger partial charge in [-0.1, -0.05) is 42.5 Å². The summed E-state index contributed by atoms with van der Waals surface area (Å²) < 4.78 is 20.0. The quantitative estimate of drug-likeness (QED) is 0.484. The highest BCUT2D eigenvalue weighted by molar-refractivity contribution is 5.81. The van der Waals surface area contributed by atoms with Crippen LogP contribution in [0.25, 0.3) is 22.0 Å². The molecule has 0 radical (unpaired) electrons. The number of morpholine rings is 1. The molecule has 4 nitrogen and oxygen atoms in total. The Bertz CT molecular complexity index is 1160. The Morgan fingerprint density at radius 3 is 2.77 bits per heavy atom. The Balaban J connectivity index is 1.32. The molecule has 4 aromatic rings. The Kier molecular flexibility index (Phi) is 5.22. The topological polar surface area (TPSA) is 38.2 Å². The number of hydrogen-bond donors (Lipinski definition) is 0. The SMILES string of the molecule is Fc1ccccc1-c1ccc([C@@H]2CN(Cc3cccc4ncccc34)CCO2)nc1. The molecule has 0 saturated carbocycles. The van der Waals surface area contributed by atoms with Gasteiger partial charge in [-0.25, -0.2) is 4.39 Å². The van der Waals surface area contributed by atoms with Gasteiger partial charge in [0.25, 0.3) is 0 Å². The highest BCUT2D eigenvalue weighted by Crippen LogP contribution is 2.27. The van der Waals surface area contributed by atoms with Gasteiger partial charge in [-0.05, 0) is 29.8 Å². The number of pyridine rings is 2. The lowest BCUT2D eigenvalue weighted by Crippen LogP contribution is -2.38. The molecule has 2 aromatic heterocycles. The molecule has 30 heavy (non-hydrogen) atoms. The molecule has 0 N–H and O–H groups in total. The molecule has 0 unspecified atom stereocenters. The molecule has 0 bridgehead atoms. The largest absolute Gasteiger partial charge is 0.369 e. The second-order valence-electron chi connectivity index (χ2n) is 7.53. The summed E-state index contributed by atoms with van der Waals surface area (Å²) in [6.45, 7) is 3.14. The summed E-state index contributed by atoms with van der Waals surface area (Å²) in [4.78, 5) is 11.4. The average molecular weight is 399 g/mol. The molecular formula is C25H22FN3O. The summed E-state index contributed by atoms with van der Waals surface area (Å²) >= 11 is 0. The molecule has 1 aliphatic heterocycles. The van der Waals surface area contributed by atoms with Gasteiger partial charge in [0, 0.05) is 48.5 Å². The predicted octanol–water partition coefficient (Wildman–Crippen LogP) is 5.01. The molecule has 0 aliphatic carbocycles. The Labute approximate surface area is 175 Å². The van der Waals surface area contributed by atoms with Gasteiger partial charge < -0.3 is 4.74 Å². The molecule has 3 heterocycles. The first-order chi connectivity index (χ1) is 14.8. The van der Waals surface area contributed by atoms with E-state index in [2.05, 4.69) is 33.1 Å². The fourth-order valence-electron chi connectivity index (χ4n) is 4.02. The smallest absolute Gasteiger partial charge is 0.131 e. The first kappa shape index (κ1) is 18.9. The van der Waals surface area contributed by atoms with Crippen molar-refractivity contribution in [3.8, 4) is 11.1 Å². The van der Waals surface area contributed by atoms with E-state index in [9.17, 15) is 4.39 Å². The number of halogens is 1. The zero-order valence-electron chi connectivity index (χ0n) is 16.5. The molecule has 1 fully saturated rings. The van der Waals surface area contributed by atoms with Gasteiger partial charge in [0.1, 0.15) is 11.9 Å². The molecule has 5 heteroatoms. The third kappa shape index (κ3) is 3.82. The van der Waals surface area contributed by atoms with Crippen molar-refractivity contribution in [2.75, 3.05) is 19.7 Å². The minimum Gasteiger partial charge on any atom is -0.369 e. The molecule has 0 spiro atoms. The second-order valence-corrected chi connectivity index (χ2v) is 7.53. The number of nitrogens with zero attached hydrogens (tertiary/aromatic N) is 3. The summed E-state index contributed by atoms with van der Waals surface area (Å²) in [6.07, 6.45) is 3.46. The number of fused-ring (bicyclic) bond motifs is 1. The van der Waals surface area contributed by atoms with Crippen molar-refractivity contribution in [3.05, 3.63) is 96.2 Å². The minimum absolute atomic E-state index is 0.0958. The summed E-state index contributed by atoms with van der Waals surface area (Å²) in [6, 6.07) is 21.0. The maximum Gasteiger partial charge on any atom is 0.131 e. The number of benzene rings is 2. The number of rotatable bonds is 4. The van der Waals surface area contributed by atoms with Crippen LogP contribution in [0.1, 0.15) is 17.4 Å². The standard InChI is InChI=1S/C25H22FN3O/c26-22-8-2-1-6-20(22)18-10-11-24(28-15-18)25-17-29(13-14-30-25)16-19-5-3-9-23-21(19)7-4-12-27-23/h1-12,15,25H,13-14,16-17H2/t25-/m0/s1. The molecular weight excluding hydrogens is 377 g/mol. The van der Waals surface area contributed by atoms with Crippen LogP contribution in [0.2, 0.25) is 0 Å². The summed E-state index contributed by atoms with van der Waals surface area (Å²) in [5.41, 5.74) is 4.49. The molecule has 0 amide bonds. The van der Waals surface area contributed by atoms with Crippen LogP contribution < -0.4 is 0 Å². The van der Waals surface area contributed by atoms with E-state index in [1.54, 1.807) is 18.3 Å². The Morgan fingerprint density at radius 2 is 1.90 bits per heavy atom. The normalized spacial score (nSPS) is 17.3. The van der Waals surface area contributed by atoms with E-state index in [-0.39, 0.29) is 11.9 Å². The van der Waals surface area contributed by atoms with Gasteiger partial charge >= 0.3 is 0 Å². The monoisotopic (exact) mass is 399 g/mol. The van der Waals surface area contributed by atoms with Crippen LogP contribution in [0, 0.1) is 5.82 Å². The van der Waals surface area contributed by atoms with Crippen molar-refractivity contribution >= 4 is 10.9 Å². The van der Waals surface area contributed by atoms with Gasteiger partial charge in [0.15, 0.2) is 0 Å². The third-order valence-electron chi connectivity index (χ3n) is 5.58. The average Bonchev–Trinajstić information content (AvgIpc) is 2.80. The zero-order valence-corrected chi connectivity index (χ0v) is 16.5. The van der Waals surface area contributed by atoms with Gasteiger partial charge in [-0.15, -0.1) is 0 Å². The lowest BCUT2D eigenvalue weighted by atomic mass is 10.1. The van der Waals surface area contributed by atoms with Crippen molar-refractivity contribution in [1.82, 2.24) is 14.9 Å². The fourth-order valence-corrected chi connectivity index (χ4v) is 4.02. The highest BCUT2D eigenvalue weighted by atomic mass is 19.1. The van der Waals surface area contributed by atoms with Crippen LogP contribution >= 0.6 is 0 Å². The third-order valence-corrected chi connectivity index (χ3v) is 5.58. The lowest BCUT2D eigenvalue weighted by Gasteiger charge is -2.33. The Morgan fingerprint density at radius 1 is 0.967 bits per heavy atom. The van der Waals surface area contributed by atoms with E-state index in [0.29, 0.717) is 12.2 Å². The predicted molar refractivity (Wildman–Crippen MR) is 115 cm³/mol. The van der Waals surface area contributed by atoms with E-state index >= 15 is 0 Å². The number of aromatic nitrogens is 2. The van der Waals surface area contributed by atoms with Gasteiger partial charge in [-0.2, -0.15) is 0 Å². The van der Waals surface area contributed by atoms with E-state index in [1.807, 2.05) is 36.5 Å². The van der Waals surface area contributed by atoms with Crippen LogP contribution in [0.4, 0.5) is 4.39 Å². The Hall–Kier alpha value is -3.15. The van der Waals surface area contributed by atoms with E-state index < -0.39 is 0 Å². The van der Waals surface area contributed by atoms with Crippen molar-refractivity contribution in [2.45, 2.75) is 12.6 Å². The summed E-state index contributed by atoms with van der Waals surface area (Å²) in [7, 11) is 0. The van der Waals surface area contributed by atoms with Gasteiger partial charge in [0.05, 0.1) is 17.8 Å². The zero-order chi connectivity index (χ0) is 20.3. The molecule has 1 aliphatic rings. The molecule has 1 atom stereocenters. The molecule has 2 aromatic carbocycles. The van der Waals surface area contributed by atoms with E-state index in [4.69, 9.17) is 4.74 Å². The van der Waals surface area contributed by atoms with Crippen LogP contribution in [-0.2, 0) is 11.3 Å². The van der Waals surface area contributed by atoms with Crippen LogP contribution in [-0.4, -0.2) is 34.6 Å². The maximum absolute atomic E-state index is 14.0. The lowest BCUT2D eigenvalue weighted by molar-refractivity contribution is -0.0348. The summed E-state index contributed by atoms with van der Waals surface area (Å²) in [5, 5.41) is 1.19. The first-order valence-corrected chi connectivity index (χ1v) is 10.2. The fraction of sp³-hybridized carbons (Fsp3) is 0.200. The van der Waals surface area contributed by atoms with Crippen molar-refractivity contribution in [1.29, 1.82) is 0 Å². The number of hydrogen-bond acceptors (Lipinski definition) is 4. The minimum atomic E-state index is -0.239. The second kappa shape index (κ2) is 8.30.